The Morgan fingerprint density at radius 1 is 1.11 bits per heavy atom. The number of hydrogen-bond acceptors (Lipinski definition) is 1. The highest BCUT2D eigenvalue weighted by atomic mass is 19.1. The van der Waals surface area contributed by atoms with Crippen LogP contribution in [0, 0.1) is 5.92 Å². The zero-order valence-corrected chi connectivity index (χ0v) is 11.2. The predicted molar refractivity (Wildman–Crippen MR) is 72.9 cm³/mol. The van der Waals surface area contributed by atoms with Crippen molar-refractivity contribution in [3.8, 4) is 5.75 Å². The third-order valence-electron chi connectivity index (χ3n) is 4.03. The van der Waals surface area contributed by atoms with Crippen molar-refractivity contribution in [1.82, 2.24) is 0 Å². The quantitative estimate of drug-likeness (QED) is 0.734. The molecule has 0 bridgehead atoms. The Bertz CT molecular complexity index is 339. The summed E-state index contributed by atoms with van der Waals surface area (Å²) in [6, 6.07) is 8.50. The van der Waals surface area contributed by atoms with Crippen LogP contribution in [0.5, 0.6) is 5.75 Å². The number of ether oxygens (including phenoxy) is 1. The first-order valence-corrected chi connectivity index (χ1v) is 7.12. The molecule has 0 heterocycles. The van der Waals surface area contributed by atoms with E-state index in [0.717, 1.165) is 12.2 Å². The van der Waals surface area contributed by atoms with E-state index in [1.54, 1.807) is 0 Å². The molecule has 0 atom stereocenters. The number of halogens is 1. The maximum atomic E-state index is 12.3. The van der Waals surface area contributed by atoms with Gasteiger partial charge >= 0.3 is 0 Å². The van der Waals surface area contributed by atoms with E-state index < -0.39 is 0 Å². The average Bonchev–Trinajstić information content (AvgIpc) is 2.41. The summed E-state index contributed by atoms with van der Waals surface area (Å²) < 4.78 is 17.8. The van der Waals surface area contributed by atoms with E-state index in [-0.39, 0.29) is 6.67 Å². The Balaban J connectivity index is 1.89. The highest BCUT2D eigenvalue weighted by molar-refractivity contribution is 5.29. The molecular weight excluding hydrogens is 227 g/mol. The van der Waals surface area contributed by atoms with Gasteiger partial charge in [-0.15, -0.1) is 0 Å². The lowest BCUT2D eigenvalue weighted by molar-refractivity contribution is 0.283. The molecule has 1 saturated carbocycles. The van der Waals surface area contributed by atoms with E-state index in [1.807, 2.05) is 6.92 Å². The lowest BCUT2D eigenvalue weighted by atomic mass is 9.78. The SMILES string of the molecule is CCOc1ccc(C2CCC(CCF)CC2)cc1. The van der Waals surface area contributed by atoms with Gasteiger partial charge in [-0.05, 0) is 68.6 Å². The highest BCUT2D eigenvalue weighted by Crippen LogP contribution is 2.37. The van der Waals surface area contributed by atoms with Crippen LogP contribution in [0.25, 0.3) is 0 Å². The first-order chi connectivity index (χ1) is 8.83. The van der Waals surface area contributed by atoms with Gasteiger partial charge in [0.2, 0.25) is 0 Å². The minimum Gasteiger partial charge on any atom is -0.494 e. The summed E-state index contributed by atoms with van der Waals surface area (Å²) >= 11 is 0. The number of alkyl halides is 1. The van der Waals surface area contributed by atoms with Gasteiger partial charge in [0.05, 0.1) is 13.3 Å². The van der Waals surface area contributed by atoms with E-state index in [1.165, 1.54) is 31.2 Å². The van der Waals surface area contributed by atoms with Crippen molar-refractivity contribution in [1.29, 1.82) is 0 Å². The zero-order chi connectivity index (χ0) is 12.8. The van der Waals surface area contributed by atoms with Crippen molar-refractivity contribution in [2.24, 2.45) is 5.92 Å². The molecule has 2 rings (SSSR count). The van der Waals surface area contributed by atoms with Gasteiger partial charge in [0.25, 0.3) is 0 Å². The largest absolute Gasteiger partial charge is 0.494 e. The van der Waals surface area contributed by atoms with Gasteiger partial charge in [-0.25, -0.2) is 0 Å². The molecule has 1 aromatic rings. The topological polar surface area (TPSA) is 9.23 Å². The molecule has 1 aliphatic carbocycles. The van der Waals surface area contributed by atoms with Gasteiger partial charge in [0, 0.05) is 0 Å². The molecule has 0 spiro atoms. The molecule has 0 radical (unpaired) electrons. The van der Waals surface area contributed by atoms with Crippen molar-refractivity contribution < 1.29 is 9.13 Å². The Morgan fingerprint density at radius 2 is 1.78 bits per heavy atom. The molecular formula is C16H23FO. The summed E-state index contributed by atoms with van der Waals surface area (Å²) in [5.74, 6) is 2.23. The first kappa shape index (κ1) is 13.4. The third-order valence-corrected chi connectivity index (χ3v) is 4.03. The molecule has 1 fully saturated rings. The fourth-order valence-corrected chi connectivity index (χ4v) is 2.94. The minimum atomic E-state index is -0.154. The van der Waals surface area contributed by atoms with Crippen molar-refractivity contribution in [2.75, 3.05) is 13.3 Å². The van der Waals surface area contributed by atoms with Gasteiger partial charge in [-0.3, -0.25) is 4.39 Å². The van der Waals surface area contributed by atoms with E-state index in [0.29, 0.717) is 18.4 Å². The van der Waals surface area contributed by atoms with Crippen LogP contribution in [0.15, 0.2) is 24.3 Å². The van der Waals surface area contributed by atoms with E-state index in [4.69, 9.17) is 4.74 Å². The van der Waals surface area contributed by atoms with Crippen LogP contribution < -0.4 is 4.74 Å². The van der Waals surface area contributed by atoms with E-state index in [9.17, 15) is 4.39 Å². The van der Waals surface area contributed by atoms with E-state index >= 15 is 0 Å². The highest BCUT2D eigenvalue weighted by Gasteiger charge is 2.21. The Morgan fingerprint density at radius 3 is 2.33 bits per heavy atom. The van der Waals surface area contributed by atoms with Crippen LogP contribution in [0.2, 0.25) is 0 Å². The van der Waals surface area contributed by atoms with Gasteiger partial charge in [-0.1, -0.05) is 12.1 Å². The number of benzene rings is 1. The van der Waals surface area contributed by atoms with Crippen LogP contribution in [0.3, 0.4) is 0 Å². The van der Waals surface area contributed by atoms with Crippen LogP contribution in [-0.2, 0) is 0 Å². The normalized spacial score (nSPS) is 23.9. The molecule has 0 saturated heterocycles. The third kappa shape index (κ3) is 3.47. The fourth-order valence-electron chi connectivity index (χ4n) is 2.94. The average molecular weight is 250 g/mol. The fraction of sp³-hybridized carbons (Fsp3) is 0.625. The minimum absolute atomic E-state index is 0.154. The summed E-state index contributed by atoms with van der Waals surface area (Å²) in [4.78, 5) is 0. The Labute approximate surface area is 109 Å². The standard InChI is InChI=1S/C16H23FO/c1-2-18-16-9-7-15(8-10-16)14-5-3-13(4-6-14)11-12-17/h7-10,13-14H,2-6,11-12H2,1H3. The Kier molecular flexibility index (Phi) is 5.03. The van der Waals surface area contributed by atoms with Gasteiger partial charge < -0.3 is 4.74 Å². The van der Waals surface area contributed by atoms with Crippen LogP contribution in [-0.4, -0.2) is 13.3 Å². The smallest absolute Gasteiger partial charge is 0.119 e. The molecule has 100 valence electrons. The zero-order valence-electron chi connectivity index (χ0n) is 11.2. The monoisotopic (exact) mass is 250 g/mol. The van der Waals surface area contributed by atoms with E-state index in [2.05, 4.69) is 24.3 Å². The molecule has 0 unspecified atom stereocenters. The van der Waals surface area contributed by atoms with Crippen molar-refractivity contribution in [3.05, 3.63) is 29.8 Å². The molecule has 1 aliphatic rings. The van der Waals surface area contributed by atoms with Gasteiger partial charge in [-0.2, -0.15) is 0 Å². The van der Waals surface area contributed by atoms with Crippen LogP contribution in [0.1, 0.15) is 50.5 Å². The lowest BCUT2D eigenvalue weighted by Gasteiger charge is -2.28. The molecule has 0 aliphatic heterocycles. The summed E-state index contributed by atoms with van der Waals surface area (Å²) in [5, 5.41) is 0. The molecule has 0 amide bonds. The summed E-state index contributed by atoms with van der Waals surface area (Å²) in [6.07, 6.45) is 5.54. The van der Waals surface area contributed by atoms with Crippen molar-refractivity contribution in [3.63, 3.8) is 0 Å². The second-order valence-electron chi connectivity index (χ2n) is 5.20. The Hall–Kier alpha value is -1.05. The number of rotatable bonds is 5. The molecule has 18 heavy (non-hydrogen) atoms. The van der Waals surface area contributed by atoms with Crippen molar-refractivity contribution in [2.45, 2.75) is 44.9 Å². The molecule has 1 nitrogen and oxygen atoms in total. The maximum absolute atomic E-state index is 12.3. The first-order valence-electron chi connectivity index (χ1n) is 7.12. The summed E-state index contributed by atoms with van der Waals surface area (Å²) in [5.41, 5.74) is 1.41. The summed E-state index contributed by atoms with van der Waals surface area (Å²) in [7, 11) is 0. The molecule has 0 aromatic heterocycles. The molecule has 1 aromatic carbocycles. The van der Waals surface area contributed by atoms with Gasteiger partial charge in [0.15, 0.2) is 0 Å². The predicted octanol–water partition coefficient (Wildman–Crippen LogP) is 4.72. The maximum Gasteiger partial charge on any atom is 0.119 e. The van der Waals surface area contributed by atoms with Crippen LogP contribution >= 0.6 is 0 Å². The van der Waals surface area contributed by atoms with Crippen molar-refractivity contribution >= 4 is 0 Å². The lowest BCUT2D eigenvalue weighted by Crippen LogP contribution is -2.13. The molecule has 0 N–H and O–H groups in total. The second kappa shape index (κ2) is 6.77. The molecule has 2 heteroatoms. The van der Waals surface area contributed by atoms with Gasteiger partial charge in [0.1, 0.15) is 5.75 Å². The van der Waals surface area contributed by atoms with Crippen LogP contribution in [0.4, 0.5) is 4.39 Å². The summed E-state index contributed by atoms with van der Waals surface area (Å²) in [6.45, 7) is 2.56. The second-order valence-corrected chi connectivity index (χ2v) is 5.20. The number of hydrogen-bond donors (Lipinski definition) is 0.